The van der Waals surface area contributed by atoms with Crippen molar-refractivity contribution in [3.63, 3.8) is 0 Å². The van der Waals surface area contributed by atoms with Gasteiger partial charge in [0.1, 0.15) is 0 Å². The van der Waals surface area contributed by atoms with E-state index in [0.29, 0.717) is 33.2 Å². The molecule has 0 aliphatic carbocycles. The van der Waals surface area contributed by atoms with Crippen molar-refractivity contribution in [1.29, 1.82) is 0 Å². The molecule has 146 valence electrons. The van der Waals surface area contributed by atoms with Crippen LogP contribution in [0.15, 0.2) is 44.7 Å². The van der Waals surface area contributed by atoms with Gasteiger partial charge < -0.3 is 14.8 Å². The van der Waals surface area contributed by atoms with E-state index in [1.165, 1.54) is 11.8 Å². The number of carbonyl (C=O) groups excluding carboxylic acids is 1. The number of amides is 1. The SMILES string of the molecule is CCOc1cc(/C=C2/SC(=Nc3cccc(Cl)c3C)NC2=O)cc(Br)c1OC. The van der Waals surface area contributed by atoms with Gasteiger partial charge in [-0.1, -0.05) is 17.7 Å². The quantitative estimate of drug-likeness (QED) is 0.556. The van der Waals surface area contributed by atoms with E-state index in [-0.39, 0.29) is 5.91 Å². The van der Waals surface area contributed by atoms with Gasteiger partial charge in [-0.15, -0.1) is 0 Å². The largest absolute Gasteiger partial charge is 0.492 e. The second-order valence-corrected chi connectivity index (χ2v) is 8.13. The van der Waals surface area contributed by atoms with Gasteiger partial charge in [-0.2, -0.15) is 0 Å². The Balaban J connectivity index is 1.91. The summed E-state index contributed by atoms with van der Waals surface area (Å²) in [6.07, 6.45) is 1.79. The molecular weight excluding hydrogens is 464 g/mol. The van der Waals surface area contributed by atoms with Crippen LogP contribution in [0.3, 0.4) is 0 Å². The van der Waals surface area contributed by atoms with Crippen LogP contribution in [0.25, 0.3) is 6.08 Å². The summed E-state index contributed by atoms with van der Waals surface area (Å²) in [6, 6.07) is 9.21. The Hall–Kier alpha value is -1.96. The molecule has 8 heteroatoms. The van der Waals surface area contributed by atoms with Crippen LogP contribution in [0.2, 0.25) is 5.02 Å². The zero-order valence-electron chi connectivity index (χ0n) is 15.5. The first-order valence-corrected chi connectivity index (χ1v) is 10.5. The van der Waals surface area contributed by atoms with Crippen molar-refractivity contribution in [3.05, 3.63) is 55.9 Å². The highest BCUT2D eigenvalue weighted by molar-refractivity contribution is 9.10. The number of nitrogens with zero attached hydrogens (tertiary/aromatic N) is 1. The molecule has 1 saturated heterocycles. The number of methoxy groups -OCH3 is 1. The number of hydrogen-bond donors (Lipinski definition) is 1. The lowest BCUT2D eigenvalue weighted by Gasteiger charge is -2.12. The second-order valence-electron chi connectivity index (χ2n) is 5.83. The Kier molecular flexibility index (Phi) is 6.69. The molecule has 1 amide bonds. The van der Waals surface area contributed by atoms with Crippen LogP contribution in [-0.2, 0) is 4.79 Å². The summed E-state index contributed by atoms with van der Waals surface area (Å²) in [7, 11) is 1.58. The highest BCUT2D eigenvalue weighted by Gasteiger charge is 2.24. The fourth-order valence-corrected chi connectivity index (χ4v) is 4.22. The molecule has 0 atom stereocenters. The summed E-state index contributed by atoms with van der Waals surface area (Å²) in [5.74, 6) is 1.03. The summed E-state index contributed by atoms with van der Waals surface area (Å²) < 4.78 is 11.8. The molecule has 1 aliphatic heterocycles. The number of halogens is 2. The number of nitrogens with one attached hydrogen (secondary N) is 1. The maximum Gasteiger partial charge on any atom is 0.264 e. The first-order valence-electron chi connectivity index (χ1n) is 8.48. The molecule has 5 nitrogen and oxygen atoms in total. The predicted molar refractivity (Wildman–Crippen MR) is 119 cm³/mol. The van der Waals surface area contributed by atoms with Gasteiger partial charge in [-0.3, -0.25) is 4.79 Å². The molecule has 0 saturated carbocycles. The van der Waals surface area contributed by atoms with Crippen molar-refractivity contribution in [3.8, 4) is 11.5 Å². The number of thioether (sulfide) groups is 1. The van der Waals surface area contributed by atoms with E-state index in [4.69, 9.17) is 21.1 Å². The number of hydrogen-bond acceptors (Lipinski definition) is 5. The number of aliphatic imine (C=N–C) groups is 1. The number of rotatable bonds is 5. The van der Waals surface area contributed by atoms with E-state index in [2.05, 4.69) is 26.2 Å². The van der Waals surface area contributed by atoms with Crippen molar-refractivity contribution in [2.45, 2.75) is 13.8 Å². The fraction of sp³-hybridized carbons (Fsp3) is 0.200. The van der Waals surface area contributed by atoms with Crippen molar-refractivity contribution < 1.29 is 14.3 Å². The minimum Gasteiger partial charge on any atom is -0.492 e. The van der Waals surface area contributed by atoms with Gasteiger partial charge in [-0.25, -0.2) is 4.99 Å². The molecule has 1 fully saturated rings. The van der Waals surface area contributed by atoms with Crippen LogP contribution < -0.4 is 14.8 Å². The molecular formula is C20H18BrClN2O3S. The number of benzene rings is 2. The molecule has 2 aromatic rings. The number of amidine groups is 1. The van der Waals surface area contributed by atoms with Gasteiger partial charge in [0.2, 0.25) is 0 Å². The maximum atomic E-state index is 12.4. The minimum absolute atomic E-state index is 0.201. The molecule has 2 aromatic carbocycles. The molecule has 1 aliphatic rings. The smallest absolute Gasteiger partial charge is 0.264 e. The third-order valence-corrected chi connectivity index (χ3v) is 5.85. The van der Waals surface area contributed by atoms with Crippen molar-refractivity contribution >= 4 is 62.1 Å². The zero-order chi connectivity index (χ0) is 20.3. The third-order valence-electron chi connectivity index (χ3n) is 3.95. The van der Waals surface area contributed by atoms with E-state index in [9.17, 15) is 4.79 Å². The van der Waals surface area contributed by atoms with E-state index >= 15 is 0 Å². The average Bonchev–Trinajstić information content (AvgIpc) is 2.98. The average molecular weight is 482 g/mol. The molecule has 1 heterocycles. The van der Waals surface area contributed by atoms with Crippen LogP contribution in [0.5, 0.6) is 11.5 Å². The lowest BCUT2D eigenvalue weighted by atomic mass is 10.2. The van der Waals surface area contributed by atoms with E-state index < -0.39 is 0 Å². The van der Waals surface area contributed by atoms with Gasteiger partial charge in [0.15, 0.2) is 16.7 Å². The van der Waals surface area contributed by atoms with Gasteiger partial charge >= 0.3 is 0 Å². The van der Waals surface area contributed by atoms with Crippen LogP contribution in [0.4, 0.5) is 5.69 Å². The van der Waals surface area contributed by atoms with Crippen molar-refractivity contribution in [2.24, 2.45) is 4.99 Å². The highest BCUT2D eigenvalue weighted by atomic mass is 79.9. The van der Waals surface area contributed by atoms with E-state index in [0.717, 1.165) is 21.3 Å². The summed E-state index contributed by atoms with van der Waals surface area (Å²) in [4.78, 5) is 17.4. The lowest BCUT2D eigenvalue weighted by molar-refractivity contribution is -0.115. The predicted octanol–water partition coefficient (Wildman–Crippen LogP) is 5.71. The van der Waals surface area contributed by atoms with Crippen LogP contribution in [-0.4, -0.2) is 24.8 Å². The van der Waals surface area contributed by atoms with Crippen molar-refractivity contribution in [2.75, 3.05) is 13.7 Å². The first-order chi connectivity index (χ1) is 13.4. The summed E-state index contributed by atoms with van der Waals surface area (Å²) in [5, 5.41) is 3.94. The molecule has 0 radical (unpaired) electrons. The molecule has 3 rings (SSSR count). The Morgan fingerprint density at radius 2 is 2.14 bits per heavy atom. The van der Waals surface area contributed by atoms with Crippen LogP contribution >= 0.6 is 39.3 Å². The Labute approximate surface area is 181 Å². The maximum absolute atomic E-state index is 12.4. The molecule has 1 N–H and O–H groups in total. The monoisotopic (exact) mass is 480 g/mol. The summed E-state index contributed by atoms with van der Waals surface area (Å²) in [6.45, 7) is 4.30. The molecule has 0 bridgehead atoms. The molecule has 0 spiro atoms. The van der Waals surface area contributed by atoms with Gasteiger partial charge in [0.05, 0.1) is 28.8 Å². The Bertz CT molecular complexity index is 992. The van der Waals surface area contributed by atoms with Crippen molar-refractivity contribution in [1.82, 2.24) is 5.32 Å². The van der Waals surface area contributed by atoms with E-state index in [1.807, 2.05) is 44.2 Å². The van der Waals surface area contributed by atoms with Gasteiger partial charge in [0.25, 0.3) is 5.91 Å². The number of ether oxygens (including phenoxy) is 2. The van der Waals surface area contributed by atoms with Crippen LogP contribution in [0, 0.1) is 6.92 Å². The van der Waals surface area contributed by atoms with E-state index in [1.54, 1.807) is 13.2 Å². The fourth-order valence-electron chi connectivity index (χ4n) is 2.59. The standard InChI is InChI=1S/C20H18BrClN2O3S/c1-4-27-16-9-12(8-13(21)18(16)26-3)10-17-19(25)24-20(28-17)23-15-7-5-6-14(22)11(15)2/h5-10H,4H2,1-3H3,(H,23,24,25)/b17-10+. The highest BCUT2D eigenvalue weighted by Crippen LogP contribution is 2.38. The number of carbonyl (C=O) groups is 1. The summed E-state index contributed by atoms with van der Waals surface area (Å²) >= 11 is 10.9. The van der Waals surface area contributed by atoms with Gasteiger partial charge in [-0.05, 0) is 83.0 Å². The van der Waals surface area contributed by atoms with Crippen LogP contribution in [0.1, 0.15) is 18.1 Å². The first kappa shape index (κ1) is 20.8. The normalized spacial score (nSPS) is 16.5. The summed E-state index contributed by atoms with van der Waals surface area (Å²) in [5.41, 5.74) is 2.40. The third kappa shape index (κ3) is 4.54. The molecule has 0 aromatic heterocycles. The Morgan fingerprint density at radius 3 is 2.86 bits per heavy atom. The minimum atomic E-state index is -0.201. The van der Waals surface area contributed by atoms with Gasteiger partial charge in [0, 0.05) is 5.02 Å². The Morgan fingerprint density at radius 1 is 1.36 bits per heavy atom. The zero-order valence-corrected chi connectivity index (χ0v) is 18.7. The topological polar surface area (TPSA) is 59.9 Å². The lowest BCUT2D eigenvalue weighted by Crippen LogP contribution is -2.19. The molecule has 0 unspecified atom stereocenters. The second kappa shape index (κ2) is 9.03. The molecule has 28 heavy (non-hydrogen) atoms.